The molecule has 6 heteroatoms. The van der Waals surface area contributed by atoms with E-state index in [1.165, 1.54) is 0 Å². The van der Waals surface area contributed by atoms with Crippen LogP contribution in [0.1, 0.15) is 6.92 Å². The summed E-state index contributed by atoms with van der Waals surface area (Å²) in [6.07, 6.45) is -0.788. The summed E-state index contributed by atoms with van der Waals surface area (Å²) >= 11 is 2.18. The van der Waals surface area contributed by atoms with Crippen LogP contribution in [0, 0.1) is 3.57 Å². The van der Waals surface area contributed by atoms with Crippen molar-refractivity contribution in [2.45, 2.75) is 13.0 Å². The molecule has 0 spiro atoms. The maximum Gasteiger partial charge on any atom is 0.347 e. The fourth-order valence-corrected chi connectivity index (χ4v) is 2.10. The Morgan fingerprint density at radius 2 is 1.74 bits per heavy atom. The van der Waals surface area contributed by atoms with Crippen molar-refractivity contribution < 1.29 is 19.1 Å². The zero-order chi connectivity index (χ0) is 16.7. The van der Waals surface area contributed by atoms with Crippen LogP contribution in [-0.4, -0.2) is 24.6 Å². The van der Waals surface area contributed by atoms with Gasteiger partial charge >= 0.3 is 5.97 Å². The first-order chi connectivity index (χ1) is 11.0. The molecule has 2 aromatic carbocycles. The maximum atomic E-state index is 11.8. The first-order valence-corrected chi connectivity index (χ1v) is 8.06. The van der Waals surface area contributed by atoms with Gasteiger partial charge in [0.25, 0.3) is 5.91 Å². The summed E-state index contributed by atoms with van der Waals surface area (Å²) in [7, 11) is 0. The van der Waals surface area contributed by atoms with Crippen LogP contribution in [0.5, 0.6) is 5.75 Å². The van der Waals surface area contributed by atoms with Crippen LogP contribution in [0.3, 0.4) is 0 Å². The molecule has 0 fully saturated rings. The van der Waals surface area contributed by atoms with Gasteiger partial charge in [-0.15, -0.1) is 0 Å². The van der Waals surface area contributed by atoms with E-state index in [2.05, 4.69) is 27.9 Å². The van der Waals surface area contributed by atoms with Crippen LogP contribution in [0.4, 0.5) is 5.69 Å². The number of benzene rings is 2. The van der Waals surface area contributed by atoms with Crippen molar-refractivity contribution in [3.8, 4) is 5.75 Å². The minimum Gasteiger partial charge on any atom is -0.479 e. The van der Waals surface area contributed by atoms with Gasteiger partial charge in [-0.05, 0) is 65.9 Å². The van der Waals surface area contributed by atoms with E-state index in [1.807, 2.05) is 30.3 Å². The molecule has 0 bridgehead atoms. The monoisotopic (exact) mass is 425 g/mol. The predicted octanol–water partition coefficient (Wildman–Crippen LogP) is 3.24. The number of hydrogen-bond donors (Lipinski definition) is 1. The molecule has 2 rings (SSSR count). The lowest BCUT2D eigenvalue weighted by Crippen LogP contribution is -2.29. The Hall–Kier alpha value is -2.09. The number of ether oxygens (including phenoxy) is 2. The average molecular weight is 425 g/mol. The molecule has 1 amide bonds. The quantitative estimate of drug-likeness (QED) is 0.570. The third-order valence-corrected chi connectivity index (χ3v) is 3.58. The van der Waals surface area contributed by atoms with Gasteiger partial charge in [0.15, 0.2) is 12.7 Å². The molecule has 0 aliphatic rings. The topological polar surface area (TPSA) is 64.6 Å². The van der Waals surface area contributed by atoms with Gasteiger partial charge in [0.2, 0.25) is 0 Å². The van der Waals surface area contributed by atoms with Gasteiger partial charge in [0.05, 0.1) is 0 Å². The van der Waals surface area contributed by atoms with E-state index in [0.717, 1.165) is 3.57 Å². The highest BCUT2D eigenvalue weighted by Gasteiger charge is 2.17. The number of halogens is 1. The first-order valence-electron chi connectivity index (χ1n) is 6.98. The van der Waals surface area contributed by atoms with Crippen LogP contribution < -0.4 is 10.1 Å². The molecule has 0 saturated carbocycles. The van der Waals surface area contributed by atoms with Crippen molar-refractivity contribution in [1.82, 2.24) is 0 Å². The molecule has 1 N–H and O–H groups in total. The van der Waals surface area contributed by atoms with Crippen LogP contribution >= 0.6 is 22.6 Å². The molecular formula is C17H16INO4. The summed E-state index contributed by atoms with van der Waals surface area (Å²) in [5.74, 6) is -0.418. The van der Waals surface area contributed by atoms with E-state index in [0.29, 0.717) is 11.4 Å². The number of esters is 1. The zero-order valence-corrected chi connectivity index (χ0v) is 14.6. The molecule has 1 unspecified atom stereocenters. The fraction of sp³-hybridized carbons (Fsp3) is 0.176. The van der Waals surface area contributed by atoms with E-state index < -0.39 is 18.0 Å². The van der Waals surface area contributed by atoms with Crippen LogP contribution in [0.2, 0.25) is 0 Å². The summed E-state index contributed by atoms with van der Waals surface area (Å²) in [6, 6.07) is 16.3. The van der Waals surface area contributed by atoms with Gasteiger partial charge in [-0.3, -0.25) is 4.79 Å². The minimum absolute atomic E-state index is 0.354. The summed E-state index contributed by atoms with van der Waals surface area (Å²) < 4.78 is 11.5. The number of carbonyl (C=O) groups is 2. The molecule has 2 aromatic rings. The van der Waals surface area contributed by atoms with Gasteiger partial charge in [-0.1, -0.05) is 18.2 Å². The molecule has 0 saturated heterocycles. The highest BCUT2D eigenvalue weighted by atomic mass is 127. The minimum atomic E-state index is -0.788. The Morgan fingerprint density at radius 3 is 2.39 bits per heavy atom. The number of amides is 1. The third-order valence-electron chi connectivity index (χ3n) is 2.86. The van der Waals surface area contributed by atoms with Crippen LogP contribution in [0.25, 0.3) is 0 Å². The molecule has 0 aliphatic heterocycles. The second-order valence-corrected chi connectivity index (χ2v) is 5.98. The molecule has 5 nitrogen and oxygen atoms in total. The number of rotatable bonds is 6. The van der Waals surface area contributed by atoms with Crippen molar-refractivity contribution in [2.75, 3.05) is 11.9 Å². The fourth-order valence-electron chi connectivity index (χ4n) is 1.74. The zero-order valence-electron chi connectivity index (χ0n) is 12.5. The summed E-state index contributed by atoms with van der Waals surface area (Å²) in [6.45, 7) is 1.22. The normalized spacial score (nSPS) is 11.4. The second-order valence-electron chi connectivity index (χ2n) is 4.74. The lowest BCUT2D eigenvalue weighted by atomic mass is 10.3. The maximum absolute atomic E-state index is 11.8. The highest BCUT2D eigenvalue weighted by molar-refractivity contribution is 14.1. The van der Waals surface area contributed by atoms with Crippen molar-refractivity contribution >= 4 is 40.2 Å². The number of nitrogens with one attached hydrogen (secondary N) is 1. The van der Waals surface area contributed by atoms with E-state index in [-0.39, 0.29) is 6.61 Å². The SMILES string of the molecule is CC(Oc1ccccc1)C(=O)OCC(=O)Nc1ccc(I)cc1. The summed E-state index contributed by atoms with van der Waals surface area (Å²) in [4.78, 5) is 23.6. The Labute approximate surface area is 148 Å². The van der Waals surface area contributed by atoms with E-state index in [1.54, 1.807) is 31.2 Å². The Bertz CT molecular complexity index is 658. The van der Waals surface area contributed by atoms with Crippen LogP contribution in [0.15, 0.2) is 54.6 Å². The van der Waals surface area contributed by atoms with E-state index in [4.69, 9.17) is 9.47 Å². The first kappa shape index (κ1) is 17.3. The van der Waals surface area contributed by atoms with E-state index >= 15 is 0 Å². The van der Waals surface area contributed by atoms with Gasteiger partial charge in [-0.2, -0.15) is 0 Å². The molecule has 23 heavy (non-hydrogen) atoms. The Kier molecular flexibility index (Phi) is 6.40. The summed E-state index contributed by atoms with van der Waals surface area (Å²) in [5, 5.41) is 2.65. The average Bonchev–Trinajstić information content (AvgIpc) is 2.55. The molecule has 0 heterocycles. The summed E-state index contributed by atoms with van der Waals surface area (Å²) in [5.41, 5.74) is 0.653. The van der Waals surface area contributed by atoms with Crippen molar-refractivity contribution in [2.24, 2.45) is 0 Å². The smallest absolute Gasteiger partial charge is 0.347 e. The van der Waals surface area contributed by atoms with Gasteiger partial charge in [0.1, 0.15) is 5.75 Å². The molecule has 0 aliphatic carbocycles. The number of anilines is 1. The van der Waals surface area contributed by atoms with Gasteiger partial charge < -0.3 is 14.8 Å². The molecule has 0 radical (unpaired) electrons. The number of para-hydroxylation sites is 1. The highest BCUT2D eigenvalue weighted by Crippen LogP contribution is 2.12. The third kappa shape index (κ3) is 5.90. The molecule has 0 aromatic heterocycles. The molecular weight excluding hydrogens is 409 g/mol. The van der Waals surface area contributed by atoms with Crippen molar-refractivity contribution in [3.63, 3.8) is 0 Å². The Morgan fingerprint density at radius 1 is 1.09 bits per heavy atom. The Balaban J connectivity index is 1.76. The lowest BCUT2D eigenvalue weighted by molar-refractivity contribution is -0.153. The van der Waals surface area contributed by atoms with Gasteiger partial charge in [-0.25, -0.2) is 4.79 Å². The number of carbonyl (C=O) groups excluding carboxylic acids is 2. The number of hydrogen-bond acceptors (Lipinski definition) is 4. The second kappa shape index (κ2) is 8.52. The molecule has 120 valence electrons. The standard InChI is InChI=1S/C17H16INO4/c1-12(23-15-5-3-2-4-6-15)17(21)22-11-16(20)19-14-9-7-13(18)8-10-14/h2-10,12H,11H2,1H3,(H,19,20). The predicted molar refractivity (Wildman–Crippen MR) is 95.3 cm³/mol. The van der Waals surface area contributed by atoms with Crippen LogP contribution in [-0.2, 0) is 14.3 Å². The van der Waals surface area contributed by atoms with E-state index in [9.17, 15) is 9.59 Å². The van der Waals surface area contributed by atoms with Crippen molar-refractivity contribution in [3.05, 3.63) is 58.2 Å². The molecule has 1 atom stereocenters. The largest absolute Gasteiger partial charge is 0.479 e. The van der Waals surface area contributed by atoms with Crippen molar-refractivity contribution in [1.29, 1.82) is 0 Å². The van der Waals surface area contributed by atoms with Gasteiger partial charge in [0, 0.05) is 9.26 Å². The lowest BCUT2D eigenvalue weighted by Gasteiger charge is -2.13.